The van der Waals surface area contributed by atoms with Gasteiger partial charge in [-0.3, -0.25) is 0 Å². The summed E-state index contributed by atoms with van der Waals surface area (Å²) in [6.45, 7) is 3.48. The number of ether oxygens (including phenoxy) is 1. The molecule has 3 nitrogen and oxygen atoms in total. The zero-order chi connectivity index (χ0) is 15.1. The largest absolute Gasteiger partial charge is 0.487 e. The number of aliphatic hydroxyl groups excluding tert-OH is 1. The van der Waals surface area contributed by atoms with Crippen LogP contribution in [0, 0.1) is 0 Å². The highest BCUT2D eigenvalue weighted by Gasteiger charge is 2.04. The molecule has 2 rings (SSSR count). The highest BCUT2D eigenvalue weighted by atomic mass is 35.5. The molecule has 21 heavy (non-hydrogen) atoms. The van der Waals surface area contributed by atoms with Crippen molar-refractivity contribution in [3.63, 3.8) is 0 Å². The second kappa shape index (κ2) is 8.03. The summed E-state index contributed by atoms with van der Waals surface area (Å²) in [6.07, 6.45) is -0.353. The standard InChI is InChI=1S/C17H20ClNO2/c1-13(20)10-19-11-15-7-8-17(16(18)9-15)21-12-14-5-3-2-4-6-14/h2-9,13,19-20H,10-12H2,1H3/t13-/m0/s1. The number of benzene rings is 2. The summed E-state index contributed by atoms with van der Waals surface area (Å²) in [5.41, 5.74) is 2.17. The smallest absolute Gasteiger partial charge is 0.138 e. The van der Waals surface area contributed by atoms with E-state index < -0.39 is 0 Å². The second-order valence-electron chi connectivity index (χ2n) is 5.02. The highest BCUT2D eigenvalue weighted by molar-refractivity contribution is 6.32. The van der Waals surface area contributed by atoms with Crippen LogP contribution in [-0.4, -0.2) is 17.8 Å². The Labute approximate surface area is 130 Å². The fourth-order valence-corrected chi connectivity index (χ4v) is 2.19. The molecule has 0 saturated carbocycles. The molecule has 0 fully saturated rings. The predicted molar refractivity (Wildman–Crippen MR) is 85.6 cm³/mol. The molecule has 1 atom stereocenters. The topological polar surface area (TPSA) is 41.5 Å². The zero-order valence-electron chi connectivity index (χ0n) is 12.1. The molecule has 0 saturated heterocycles. The molecule has 0 aliphatic carbocycles. The molecule has 0 bridgehead atoms. The molecule has 112 valence electrons. The van der Waals surface area contributed by atoms with Crippen LogP contribution < -0.4 is 10.1 Å². The van der Waals surface area contributed by atoms with E-state index in [4.69, 9.17) is 16.3 Å². The average Bonchev–Trinajstić information content (AvgIpc) is 2.47. The van der Waals surface area contributed by atoms with Crippen LogP contribution in [0.15, 0.2) is 48.5 Å². The van der Waals surface area contributed by atoms with E-state index in [0.717, 1.165) is 11.1 Å². The van der Waals surface area contributed by atoms with Crippen LogP contribution in [0.3, 0.4) is 0 Å². The van der Waals surface area contributed by atoms with Crippen LogP contribution in [-0.2, 0) is 13.2 Å². The second-order valence-corrected chi connectivity index (χ2v) is 5.43. The number of halogens is 1. The van der Waals surface area contributed by atoms with Crippen LogP contribution in [0.4, 0.5) is 0 Å². The Morgan fingerprint density at radius 3 is 2.57 bits per heavy atom. The molecule has 0 aromatic heterocycles. The first-order valence-corrected chi connectivity index (χ1v) is 7.37. The minimum Gasteiger partial charge on any atom is -0.487 e. The van der Waals surface area contributed by atoms with Crippen molar-refractivity contribution >= 4 is 11.6 Å². The fourth-order valence-electron chi connectivity index (χ4n) is 1.93. The van der Waals surface area contributed by atoms with E-state index in [1.807, 2.05) is 48.5 Å². The van der Waals surface area contributed by atoms with Gasteiger partial charge in [-0.05, 0) is 30.2 Å². The molecule has 0 radical (unpaired) electrons. The van der Waals surface area contributed by atoms with E-state index >= 15 is 0 Å². The van der Waals surface area contributed by atoms with E-state index in [1.165, 1.54) is 0 Å². The fraction of sp³-hybridized carbons (Fsp3) is 0.294. The van der Waals surface area contributed by atoms with E-state index in [-0.39, 0.29) is 6.10 Å². The van der Waals surface area contributed by atoms with Gasteiger partial charge in [0.05, 0.1) is 11.1 Å². The van der Waals surface area contributed by atoms with Crippen molar-refractivity contribution in [1.29, 1.82) is 0 Å². The van der Waals surface area contributed by atoms with Gasteiger partial charge >= 0.3 is 0 Å². The average molecular weight is 306 g/mol. The molecule has 0 heterocycles. The summed E-state index contributed by atoms with van der Waals surface area (Å²) in [4.78, 5) is 0. The Hall–Kier alpha value is -1.55. The molecule has 2 aromatic carbocycles. The van der Waals surface area contributed by atoms with Crippen molar-refractivity contribution in [3.05, 3.63) is 64.7 Å². The Morgan fingerprint density at radius 2 is 1.90 bits per heavy atom. The molecule has 4 heteroatoms. The van der Waals surface area contributed by atoms with Crippen molar-refractivity contribution in [2.45, 2.75) is 26.2 Å². The van der Waals surface area contributed by atoms with E-state index in [1.54, 1.807) is 6.92 Å². The van der Waals surface area contributed by atoms with Gasteiger partial charge in [0, 0.05) is 13.1 Å². The molecule has 0 spiro atoms. The summed E-state index contributed by atoms with van der Waals surface area (Å²) in [5.74, 6) is 0.680. The maximum absolute atomic E-state index is 9.20. The highest BCUT2D eigenvalue weighted by Crippen LogP contribution is 2.26. The van der Waals surface area contributed by atoms with Crippen molar-refractivity contribution in [1.82, 2.24) is 5.32 Å². The Balaban J connectivity index is 1.90. The number of aliphatic hydroxyl groups is 1. The Bertz CT molecular complexity index is 558. The SMILES string of the molecule is C[C@H](O)CNCc1ccc(OCc2ccccc2)c(Cl)c1. The first kappa shape index (κ1) is 15.8. The van der Waals surface area contributed by atoms with Crippen LogP contribution >= 0.6 is 11.6 Å². The van der Waals surface area contributed by atoms with E-state index in [2.05, 4.69) is 5.32 Å². The molecular formula is C17H20ClNO2. The molecule has 0 unspecified atom stereocenters. The molecule has 0 aliphatic heterocycles. The number of rotatable bonds is 7. The number of hydrogen-bond acceptors (Lipinski definition) is 3. The van der Waals surface area contributed by atoms with Crippen molar-refractivity contribution in [2.75, 3.05) is 6.54 Å². The first-order chi connectivity index (χ1) is 10.1. The monoisotopic (exact) mass is 305 g/mol. The van der Waals surface area contributed by atoms with Gasteiger partial charge in [-0.2, -0.15) is 0 Å². The van der Waals surface area contributed by atoms with Gasteiger partial charge in [0.25, 0.3) is 0 Å². The minimum absolute atomic E-state index is 0.353. The van der Waals surface area contributed by atoms with Crippen LogP contribution in [0.2, 0.25) is 5.02 Å². The molecular weight excluding hydrogens is 286 g/mol. The molecule has 0 amide bonds. The van der Waals surface area contributed by atoms with Gasteiger partial charge in [0.2, 0.25) is 0 Å². The Morgan fingerprint density at radius 1 is 1.14 bits per heavy atom. The third-order valence-corrected chi connectivity index (χ3v) is 3.30. The summed E-state index contributed by atoms with van der Waals surface area (Å²) in [6, 6.07) is 15.7. The maximum atomic E-state index is 9.20. The number of nitrogens with one attached hydrogen (secondary N) is 1. The molecule has 2 N–H and O–H groups in total. The first-order valence-electron chi connectivity index (χ1n) is 6.99. The quantitative estimate of drug-likeness (QED) is 0.824. The van der Waals surface area contributed by atoms with Gasteiger partial charge < -0.3 is 15.2 Å². The van der Waals surface area contributed by atoms with Crippen LogP contribution in [0.1, 0.15) is 18.1 Å². The van der Waals surface area contributed by atoms with E-state index in [9.17, 15) is 5.11 Å². The summed E-state index contributed by atoms with van der Waals surface area (Å²) < 4.78 is 5.73. The lowest BCUT2D eigenvalue weighted by molar-refractivity contribution is 0.191. The van der Waals surface area contributed by atoms with Gasteiger partial charge in [-0.15, -0.1) is 0 Å². The van der Waals surface area contributed by atoms with Crippen LogP contribution in [0.5, 0.6) is 5.75 Å². The van der Waals surface area contributed by atoms with Crippen molar-refractivity contribution < 1.29 is 9.84 Å². The lowest BCUT2D eigenvalue weighted by Crippen LogP contribution is -2.23. The van der Waals surface area contributed by atoms with Gasteiger partial charge in [-0.1, -0.05) is 48.0 Å². The van der Waals surface area contributed by atoms with Crippen LogP contribution in [0.25, 0.3) is 0 Å². The van der Waals surface area contributed by atoms with Gasteiger partial charge in [0.1, 0.15) is 12.4 Å². The minimum atomic E-state index is -0.353. The predicted octanol–water partition coefficient (Wildman–Crippen LogP) is 3.39. The molecule has 0 aliphatic rings. The van der Waals surface area contributed by atoms with E-state index in [0.29, 0.717) is 30.5 Å². The molecule has 2 aromatic rings. The van der Waals surface area contributed by atoms with Crippen molar-refractivity contribution in [3.8, 4) is 5.75 Å². The zero-order valence-corrected chi connectivity index (χ0v) is 12.8. The summed E-state index contributed by atoms with van der Waals surface area (Å²) in [7, 11) is 0. The summed E-state index contributed by atoms with van der Waals surface area (Å²) in [5, 5.41) is 13.0. The summed E-state index contributed by atoms with van der Waals surface area (Å²) >= 11 is 6.23. The lowest BCUT2D eigenvalue weighted by atomic mass is 10.2. The van der Waals surface area contributed by atoms with Crippen molar-refractivity contribution in [2.24, 2.45) is 0 Å². The van der Waals surface area contributed by atoms with Gasteiger partial charge in [0.15, 0.2) is 0 Å². The van der Waals surface area contributed by atoms with Gasteiger partial charge in [-0.25, -0.2) is 0 Å². The lowest BCUT2D eigenvalue weighted by Gasteiger charge is -2.11. The third-order valence-electron chi connectivity index (χ3n) is 3.00. The Kier molecular flexibility index (Phi) is 6.05. The normalized spacial score (nSPS) is 12.1. The number of hydrogen-bond donors (Lipinski definition) is 2. The maximum Gasteiger partial charge on any atom is 0.138 e. The third kappa shape index (κ3) is 5.38.